The molecule has 3 N–H and O–H groups in total. The summed E-state index contributed by atoms with van der Waals surface area (Å²) < 4.78 is 0. The van der Waals surface area contributed by atoms with Crippen LogP contribution in [0.15, 0.2) is 24.4 Å². The number of carbonyl (C=O) groups is 1. The highest BCUT2D eigenvalue weighted by Gasteiger charge is 2.34. The van der Waals surface area contributed by atoms with Crippen molar-refractivity contribution < 1.29 is 9.90 Å². The zero-order chi connectivity index (χ0) is 13.3. The zero-order valence-electron chi connectivity index (χ0n) is 10.6. The Kier molecular flexibility index (Phi) is 2.98. The van der Waals surface area contributed by atoms with Crippen LogP contribution in [0.25, 0.3) is 10.9 Å². The van der Waals surface area contributed by atoms with E-state index in [9.17, 15) is 9.90 Å². The van der Waals surface area contributed by atoms with Gasteiger partial charge in [0.1, 0.15) is 0 Å². The Labute approximate surface area is 111 Å². The molecule has 1 heterocycles. The Morgan fingerprint density at radius 1 is 1.42 bits per heavy atom. The third-order valence-electron chi connectivity index (χ3n) is 3.95. The van der Waals surface area contributed by atoms with Crippen molar-refractivity contribution in [1.29, 1.82) is 0 Å². The maximum Gasteiger partial charge on any atom is 0.251 e. The highest BCUT2D eigenvalue weighted by Crippen LogP contribution is 2.29. The lowest BCUT2D eigenvalue weighted by molar-refractivity contribution is 0.0838. The van der Waals surface area contributed by atoms with E-state index in [1.807, 2.05) is 6.07 Å². The number of benzene rings is 1. The fourth-order valence-corrected chi connectivity index (χ4v) is 2.77. The summed E-state index contributed by atoms with van der Waals surface area (Å²) in [7, 11) is 0. The fourth-order valence-electron chi connectivity index (χ4n) is 2.77. The first-order valence-electron chi connectivity index (χ1n) is 6.59. The standard InChI is InChI=1S/C14H17N3O2/c18-9-14(5-1-2-6-14)16-13(19)10-3-4-11-8-15-17-12(11)7-10/h3-4,7-8,18H,1-2,5-6,9H2,(H,15,17)(H,16,19). The number of H-pyrrole nitrogens is 1. The van der Waals surface area contributed by atoms with Gasteiger partial charge in [0.2, 0.25) is 0 Å². The predicted octanol–water partition coefficient (Wildman–Crippen LogP) is 1.60. The van der Waals surface area contributed by atoms with Crippen LogP contribution in [0, 0.1) is 0 Å². The maximum atomic E-state index is 12.3. The van der Waals surface area contributed by atoms with E-state index in [-0.39, 0.29) is 12.5 Å². The van der Waals surface area contributed by atoms with E-state index < -0.39 is 5.54 Å². The molecule has 1 aliphatic carbocycles. The van der Waals surface area contributed by atoms with E-state index in [0.717, 1.165) is 36.6 Å². The highest BCUT2D eigenvalue weighted by molar-refractivity contribution is 5.98. The maximum absolute atomic E-state index is 12.3. The molecule has 0 saturated heterocycles. The van der Waals surface area contributed by atoms with Crippen LogP contribution < -0.4 is 5.32 Å². The molecule has 0 unspecified atom stereocenters. The topological polar surface area (TPSA) is 78.0 Å². The third-order valence-corrected chi connectivity index (χ3v) is 3.95. The van der Waals surface area contributed by atoms with Gasteiger partial charge in [-0.1, -0.05) is 18.9 Å². The first-order valence-corrected chi connectivity index (χ1v) is 6.59. The van der Waals surface area contributed by atoms with Gasteiger partial charge in [-0.05, 0) is 25.0 Å². The Balaban J connectivity index is 1.82. The minimum atomic E-state index is -0.431. The molecule has 1 fully saturated rings. The van der Waals surface area contributed by atoms with Crippen LogP contribution >= 0.6 is 0 Å². The van der Waals surface area contributed by atoms with E-state index in [0.29, 0.717) is 5.56 Å². The summed E-state index contributed by atoms with van der Waals surface area (Å²) in [5, 5.41) is 20.3. The minimum absolute atomic E-state index is 0.00500. The first kappa shape index (κ1) is 12.2. The van der Waals surface area contributed by atoms with Crippen molar-refractivity contribution in [3.8, 4) is 0 Å². The average Bonchev–Trinajstić information content (AvgIpc) is 3.06. The van der Waals surface area contributed by atoms with Gasteiger partial charge in [0.15, 0.2) is 0 Å². The number of aromatic nitrogens is 2. The molecule has 0 spiro atoms. The number of hydrogen-bond acceptors (Lipinski definition) is 3. The predicted molar refractivity (Wildman–Crippen MR) is 71.8 cm³/mol. The van der Waals surface area contributed by atoms with Crippen LogP contribution in [0.4, 0.5) is 0 Å². The quantitative estimate of drug-likeness (QED) is 0.783. The molecule has 1 aliphatic rings. The summed E-state index contributed by atoms with van der Waals surface area (Å²) in [4.78, 5) is 12.3. The van der Waals surface area contributed by atoms with Gasteiger partial charge in [-0.3, -0.25) is 9.89 Å². The molecule has 19 heavy (non-hydrogen) atoms. The number of nitrogens with zero attached hydrogens (tertiary/aromatic N) is 1. The second kappa shape index (κ2) is 4.66. The Hall–Kier alpha value is -1.88. The number of fused-ring (bicyclic) bond motifs is 1. The summed E-state index contributed by atoms with van der Waals surface area (Å²) >= 11 is 0. The molecule has 1 saturated carbocycles. The summed E-state index contributed by atoms with van der Waals surface area (Å²) in [5.74, 6) is -0.132. The lowest BCUT2D eigenvalue weighted by Gasteiger charge is -2.28. The highest BCUT2D eigenvalue weighted by atomic mass is 16.3. The number of aromatic amines is 1. The molecule has 0 aliphatic heterocycles. The molecule has 1 aromatic heterocycles. The van der Waals surface area contributed by atoms with Crippen LogP contribution in [0.3, 0.4) is 0 Å². The number of nitrogens with one attached hydrogen (secondary N) is 2. The molecule has 1 aromatic carbocycles. The summed E-state index contributed by atoms with van der Waals surface area (Å²) in [6, 6.07) is 5.44. The summed E-state index contributed by atoms with van der Waals surface area (Å²) in [6.45, 7) is 0.00500. The number of aliphatic hydroxyl groups excluding tert-OH is 1. The van der Waals surface area contributed by atoms with Gasteiger partial charge in [-0.15, -0.1) is 0 Å². The largest absolute Gasteiger partial charge is 0.394 e. The number of rotatable bonds is 3. The Morgan fingerprint density at radius 2 is 2.21 bits per heavy atom. The molecule has 3 rings (SSSR count). The molecule has 2 aromatic rings. The zero-order valence-corrected chi connectivity index (χ0v) is 10.6. The molecule has 5 heteroatoms. The normalized spacial score (nSPS) is 17.7. The molecular weight excluding hydrogens is 242 g/mol. The molecule has 0 bridgehead atoms. The van der Waals surface area contributed by atoms with E-state index in [2.05, 4.69) is 15.5 Å². The van der Waals surface area contributed by atoms with Crippen molar-refractivity contribution in [2.75, 3.05) is 6.61 Å². The number of carbonyl (C=O) groups excluding carboxylic acids is 1. The van der Waals surface area contributed by atoms with Gasteiger partial charge in [-0.2, -0.15) is 5.10 Å². The van der Waals surface area contributed by atoms with Crippen molar-refractivity contribution >= 4 is 16.8 Å². The van der Waals surface area contributed by atoms with Crippen LogP contribution in [0.1, 0.15) is 36.0 Å². The summed E-state index contributed by atoms with van der Waals surface area (Å²) in [5.41, 5.74) is 1.01. The van der Waals surface area contributed by atoms with Crippen molar-refractivity contribution in [1.82, 2.24) is 15.5 Å². The monoisotopic (exact) mass is 259 g/mol. The van der Waals surface area contributed by atoms with Gasteiger partial charge in [0.25, 0.3) is 5.91 Å². The SMILES string of the molecule is O=C(NC1(CO)CCCC1)c1ccc2cn[nH]c2c1. The number of amides is 1. The fraction of sp³-hybridized carbons (Fsp3) is 0.429. The lowest BCUT2D eigenvalue weighted by atomic mass is 9.98. The second-order valence-corrected chi connectivity index (χ2v) is 5.27. The summed E-state index contributed by atoms with van der Waals surface area (Å²) in [6.07, 6.45) is 5.53. The molecule has 0 atom stereocenters. The van der Waals surface area contributed by atoms with Crippen molar-refractivity contribution in [2.45, 2.75) is 31.2 Å². The minimum Gasteiger partial charge on any atom is -0.394 e. The second-order valence-electron chi connectivity index (χ2n) is 5.27. The molecular formula is C14H17N3O2. The van der Waals surface area contributed by atoms with Crippen LogP contribution in [0.5, 0.6) is 0 Å². The van der Waals surface area contributed by atoms with Gasteiger partial charge in [0.05, 0.1) is 23.9 Å². The lowest BCUT2D eigenvalue weighted by Crippen LogP contribution is -2.49. The number of aliphatic hydroxyl groups is 1. The van der Waals surface area contributed by atoms with Crippen LogP contribution in [-0.4, -0.2) is 33.4 Å². The van der Waals surface area contributed by atoms with Crippen LogP contribution in [0.2, 0.25) is 0 Å². The van der Waals surface area contributed by atoms with E-state index in [4.69, 9.17) is 0 Å². The van der Waals surface area contributed by atoms with Crippen molar-refractivity contribution in [3.63, 3.8) is 0 Å². The Morgan fingerprint density at radius 3 is 2.95 bits per heavy atom. The van der Waals surface area contributed by atoms with Crippen LogP contribution in [-0.2, 0) is 0 Å². The van der Waals surface area contributed by atoms with Gasteiger partial charge in [0, 0.05) is 10.9 Å². The van der Waals surface area contributed by atoms with Crippen molar-refractivity contribution in [2.24, 2.45) is 0 Å². The Bertz CT molecular complexity index is 600. The van der Waals surface area contributed by atoms with Gasteiger partial charge >= 0.3 is 0 Å². The third kappa shape index (κ3) is 2.21. The van der Waals surface area contributed by atoms with E-state index in [1.54, 1.807) is 18.3 Å². The smallest absolute Gasteiger partial charge is 0.251 e. The van der Waals surface area contributed by atoms with E-state index >= 15 is 0 Å². The number of hydrogen-bond donors (Lipinski definition) is 3. The average molecular weight is 259 g/mol. The molecule has 0 radical (unpaired) electrons. The molecule has 100 valence electrons. The van der Waals surface area contributed by atoms with Gasteiger partial charge in [-0.25, -0.2) is 0 Å². The van der Waals surface area contributed by atoms with E-state index in [1.165, 1.54) is 0 Å². The molecule has 5 nitrogen and oxygen atoms in total. The molecule has 1 amide bonds. The van der Waals surface area contributed by atoms with Gasteiger partial charge < -0.3 is 10.4 Å². The van der Waals surface area contributed by atoms with Crippen molar-refractivity contribution in [3.05, 3.63) is 30.0 Å². The first-order chi connectivity index (χ1) is 9.22.